The number of pyridine rings is 1. The first-order chi connectivity index (χ1) is 9.13. The maximum Gasteiger partial charge on any atom is 0.239 e. The number of carbonyl (C=O) groups is 1. The van der Waals surface area contributed by atoms with Crippen molar-refractivity contribution in [2.45, 2.75) is 6.92 Å². The lowest BCUT2D eigenvalue weighted by atomic mass is 10.1. The summed E-state index contributed by atoms with van der Waals surface area (Å²) in [4.78, 5) is 17.9. The van der Waals surface area contributed by atoms with Crippen molar-refractivity contribution >= 4 is 28.2 Å². The zero-order valence-corrected chi connectivity index (χ0v) is 11.2. The Balaban J connectivity index is 2.35. The Morgan fingerprint density at radius 2 is 2.21 bits per heavy atom. The molecule has 1 aromatic carbocycles. The van der Waals surface area contributed by atoms with Crippen LogP contribution in [0, 0.1) is 0 Å². The van der Waals surface area contributed by atoms with Gasteiger partial charge in [0.2, 0.25) is 5.91 Å². The van der Waals surface area contributed by atoms with Gasteiger partial charge in [0.05, 0.1) is 17.7 Å². The second kappa shape index (κ2) is 5.56. The lowest BCUT2D eigenvalue weighted by Gasteiger charge is -2.20. The summed E-state index contributed by atoms with van der Waals surface area (Å²) in [5, 5.41) is 3.69. The van der Waals surface area contributed by atoms with Crippen LogP contribution >= 0.6 is 0 Å². The van der Waals surface area contributed by atoms with Gasteiger partial charge in [0, 0.05) is 30.9 Å². The van der Waals surface area contributed by atoms with Crippen LogP contribution in [0.5, 0.6) is 0 Å². The van der Waals surface area contributed by atoms with Crippen molar-refractivity contribution in [3.63, 3.8) is 0 Å². The van der Waals surface area contributed by atoms with Gasteiger partial charge in [0.25, 0.3) is 0 Å². The van der Waals surface area contributed by atoms with E-state index < -0.39 is 0 Å². The van der Waals surface area contributed by atoms with Gasteiger partial charge in [-0.15, -0.1) is 0 Å². The summed E-state index contributed by atoms with van der Waals surface area (Å²) in [6.07, 6.45) is 1.73. The highest BCUT2D eigenvalue weighted by atomic mass is 16.2. The standard InChI is InChI=1S/C14H18N4O/c1-3-16-13(19)9-18(2)12-7-6-11(15)10-5-4-8-17-14(10)12/h4-8H,3,9,15H2,1-2H3,(H,16,19). The maximum absolute atomic E-state index is 11.6. The highest BCUT2D eigenvalue weighted by Gasteiger charge is 2.11. The second-order valence-corrected chi connectivity index (χ2v) is 4.38. The highest BCUT2D eigenvalue weighted by Crippen LogP contribution is 2.28. The first-order valence-corrected chi connectivity index (χ1v) is 6.24. The molecule has 0 aliphatic carbocycles. The number of nitrogens with zero attached hydrogens (tertiary/aromatic N) is 2. The lowest BCUT2D eigenvalue weighted by Crippen LogP contribution is -2.35. The number of aromatic nitrogens is 1. The van der Waals surface area contributed by atoms with Crippen LogP contribution in [0.3, 0.4) is 0 Å². The van der Waals surface area contributed by atoms with Crippen molar-refractivity contribution in [1.29, 1.82) is 0 Å². The molecule has 5 heteroatoms. The summed E-state index contributed by atoms with van der Waals surface area (Å²) >= 11 is 0. The number of anilines is 2. The van der Waals surface area contributed by atoms with Crippen molar-refractivity contribution in [3.8, 4) is 0 Å². The fourth-order valence-electron chi connectivity index (χ4n) is 2.04. The molecule has 100 valence electrons. The molecule has 0 bridgehead atoms. The molecule has 0 aliphatic heterocycles. The molecule has 0 spiro atoms. The van der Waals surface area contributed by atoms with Crippen LogP contribution in [-0.4, -0.2) is 31.0 Å². The molecule has 2 aromatic rings. The molecule has 1 amide bonds. The van der Waals surface area contributed by atoms with Crippen molar-refractivity contribution < 1.29 is 4.79 Å². The van der Waals surface area contributed by atoms with Gasteiger partial charge in [-0.25, -0.2) is 0 Å². The molecule has 3 N–H and O–H groups in total. The van der Waals surface area contributed by atoms with E-state index in [0.29, 0.717) is 18.8 Å². The topological polar surface area (TPSA) is 71.2 Å². The number of likely N-dealkylation sites (N-methyl/N-ethyl adjacent to an activating group) is 2. The van der Waals surface area contributed by atoms with Crippen LogP contribution < -0.4 is 16.0 Å². The monoisotopic (exact) mass is 258 g/mol. The van der Waals surface area contributed by atoms with Gasteiger partial charge in [-0.3, -0.25) is 9.78 Å². The minimum atomic E-state index is -0.00842. The van der Waals surface area contributed by atoms with Gasteiger partial charge < -0.3 is 16.0 Å². The minimum Gasteiger partial charge on any atom is -0.398 e. The van der Waals surface area contributed by atoms with Crippen molar-refractivity contribution in [1.82, 2.24) is 10.3 Å². The van der Waals surface area contributed by atoms with Gasteiger partial charge in [0.15, 0.2) is 0 Å². The van der Waals surface area contributed by atoms with Gasteiger partial charge in [-0.1, -0.05) is 0 Å². The third kappa shape index (κ3) is 2.76. The number of fused-ring (bicyclic) bond motifs is 1. The number of rotatable bonds is 4. The normalized spacial score (nSPS) is 10.4. The lowest BCUT2D eigenvalue weighted by molar-refractivity contribution is -0.119. The van der Waals surface area contributed by atoms with Crippen LogP contribution in [0.2, 0.25) is 0 Å². The van der Waals surface area contributed by atoms with Gasteiger partial charge >= 0.3 is 0 Å². The molecule has 19 heavy (non-hydrogen) atoms. The fraction of sp³-hybridized carbons (Fsp3) is 0.286. The first-order valence-electron chi connectivity index (χ1n) is 6.24. The molecule has 0 saturated carbocycles. The Labute approximate surface area is 112 Å². The number of nitrogens with two attached hydrogens (primary N) is 1. The van der Waals surface area contributed by atoms with Crippen molar-refractivity contribution in [2.75, 3.05) is 30.8 Å². The van der Waals surface area contributed by atoms with E-state index in [9.17, 15) is 4.79 Å². The SMILES string of the molecule is CCNC(=O)CN(C)c1ccc(N)c2cccnc12. The smallest absolute Gasteiger partial charge is 0.239 e. The Kier molecular flexibility index (Phi) is 3.85. The maximum atomic E-state index is 11.6. The fourth-order valence-corrected chi connectivity index (χ4v) is 2.04. The minimum absolute atomic E-state index is 0.00842. The van der Waals surface area contributed by atoms with E-state index in [1.165, 1.54) is 0 Å². The molecule has 1 heterocycles. The molecule has 1 aromatic heterocycles. The molecule has 0 saturated heterocycles. The number of amides is 1. The largest absolute Gasteiger partial charge is 0.398 e. The second-order valence-electron chi connectivity index (χ2n) is 4.38. The number of benzene rings is 1. The van der Waals surface area contributed by atoms with Gasteiger partial charge in [-0.05, 0) is 31.2 Å². The van der Waals surface area contributed by atoms with E-state index in [2.05, 4.69) is 10.3 Å². The highest BCUT2D eigenvalue weighted by molar-refractivity contribution is 5.99. The summed E-state index contributed by atoms with van der Waals surface area (Å²) < 4.78 is 0. The molecular weight excluding hydrogens is 240 g/mol. The quantitative estimate of drug-likeness (QED) is 0.813. The summed E-state index contributed by atoms with van der Waals surface area (Å²) in [5.74, 6) is -0.00842. The Hall–Kier alpha value is -2.30. The molecule has 0 unspecified atom stereocenters. The summed E-state index contributed by atoms with van der Waals surface area (Å²) in [7, 11) is 1.87. The number of hydrogen-bond acceptors (Lipinski definition) is 4. The van der Waals surface area contributed by atoms with Crippen LogP contribution in [0.25, 0.3) is 10.9 Å². The van der Waals surface area contributed by atoms with Gasteiger partial charge in [-0.2, -0.15) is 0 Å². The average Bonchev–Trinajstić information content (AvgIpc) is 2.39. The molecular formula is C14H18N4O. The average molecular weight is 258 g/mol. The summed E-state index contributed by atoms with van der Waals surface area (Å²) in [5.41, 5.74) is 8.34. The number of carbonyl (C=O) groups excluding carboxylic acids is 1. The summed E-state index contributed by atoms with van der Waals surface area (Å²) in [6.45, 7) is 2.83. The van der Waals surface area contributed by atoms with E-state index in [-0.39, 0.29) is 5.91 Å². The first kappa shape index (κ1) is 13.1. The number of hydrogen-bond donors (Lipinski definition) is 2. The van der Waals surface area contributed by atoms with E-state index in [0.717, 1.165) is 16.6 Å². The zero-order valence-electron chi connectivity index (χ0n) is 11.2. The van der Waals surface area contributed by atoms with Crippen LogP contribution in [0.4, 0.5) is 11.4 Å². The van der Waals surface area contributed by atoms with Gasteiger partial charge in [0.1, 0.15) is 0 Å². The number of nitrogen functional groups attached to an aromatic ring is 1. The van der Waals surface area contributed by atoms with Crippen LogP contribution in [-0.2, 0) is 4.79 Å². The molecule has 5 nitrogen and oxygen atoms in total. The van der Waals surface area contributed by atoms with Crippen LogP contribution in [0.15, 0.2) is 30.5 Å². The Morgan fingerprint density at radius 3 is 2.95 bits per heavy atom. The number of nitrogens with one attached hydrogen (secondary N) is 1. The van der Waals surface area contributed by atoms with Crippen molar-refractivity contribution in [3.05, 3.63) is 30.5 Å². The zero-order chi connectivity index (χ0) is 13.8. The third-order valence-electron chi connectivity index (χ3n) is 2.95. The molecule has 0 fully saturated rings. The summed E-state index contributed by atoms with van der Waals surface area (Å²) in [6, 6.07) is 7.52. The van der Waals surface area contributed by atoms with E-state index in [4.69, 9.17) is 5.73 Å². The predicted molar refractivity (Wildman–Crippen MR) is 78.1 cm³/mol. The van der Waals surface area contributed by atoms with Crippen molar-refractivity contribution in [2.24, 2.45) is 0 Å². The Morgan fingerprint density at radius 1 is 1.42 bits per heavy atom. The molecule has 0 aliphatic rings. The van der Waals surface area contributed by atoms with E-state index >= 15 is 0 Å². The third-order valence-corrected chi connectivity index (χ3v) is 2.95. The predicted octanol–water partition coefficient (Wildman–Crippen LogP) is 1.39. The van der Waals surface area contributed by atoms with E-state index in [1.807, 2.05) is 43.1 Å². The molecule has 0 radical (unpaired) electrons. The Bertz CT molecular complexity index is 597. The van der Waals surface area contributed by atoms with Crippen LogP contribution in [0.1, 0.15) is 6.92 Å². The molecule has 2 rings (SSSR count). The van der Waals surface area contributed by atoms with E-state index in [1.54, 1.807) is 6.20 Å². The molecule has 0 atom stereocenters.